The van der Waals surface area contributed by atoms with E-state index in [1.165, 1.54) is 62.3 Å². The summed E-state index contributed by atoms with van der Waals surface area (Å²) in [6.45, 7) is 0. The first-order valence-electron chi connectivity index (χ1n) is 11.9. The molecule has 8 nitrogen and oxygen atoms in total. The van der Waals surface area contributed by atoms with E-state index in [0.29, 0.717) is 11.3 Å². The van der Waals surface area contributed by atoms with Crippen LogP contribution < -0.4 is 0 Å². The maximum absolute atomic E-state index is 13.5. The van der Waals surface area contributed by atoms with E-state index in [9.17, 15) is 29.4 Å². The first kappa shape index (κ1) is 33.1. The Morgan fingerprint density at radius 1 is 0.558 bits per heavy atom. The lowest BCUT2D eigenvalue weighted by Gasteiger charge is -2.23. The summed E-state index contributed by atoms with van der Waals surface area (Å²) in [6.07, 6.45) is 0. The van der Waals surface area contributed by atoms with E-state index in [0.717, 1.165) is 0 Å². The van der Waals surface area contributed by atoms with Gasteiger partial charge in [0, 0.05) is 71.3 Å². The van der Waals surface area contributed by atoms with E-state index in [1.807, 2.05) is 0 Å². The Bertz CT molecular complexity index is 1720. The Morgan fingerprint density at radius 3 is 1.07 bits per heavy atom. The van der Waals surface area contributed by atoms with Gasteiger partial charge in [0.25, 0.3) is 11.8 Å². The average molecular weight is 723 g/mol. The zero-order valence-corrected chi connectivity index (χ0v) is 27.8. The smallest absolute Gasteiger partial charge is 0.337 e. The van der Waals surface area contributed by atoms with Crippen LogP contribution in [-0.2, 0) is 0 Å². The molecule has 2 amide bonds. The molecule has 1 heterocycles. The second kappa shape index (κ2) is 12.3. The zero-order valence-electron chi connectivity index (χ0n) is 22.4. The number of carbonyl (C=O) groups is 4. The predicted molar refractivity (Wildman–Crippen MR) is 173 cm³/mol. The average Bonchev–Trinajstić information content (AvgIpc) is 3.25. The van der Waals surface area contributed by atoms with Crippen molar-refractivity contribution in [1.29, 1.82) is 0 Å². The van der Waals surface area contributed by atoms with Crippen LogP contribution >= 0.6 is 80.9 Å². The third-order valence-corrected chi connectivity index (χ3v) is 9.10. The lowest BCUT2D eigenvalue weighted by Crippen LogP contribution is -2.21. The second-order valence-corrected chi connectivity index (χ2v) is 13.0. The van der Waals surface area contributed by atoms with E-state index in [2.05, 4.69) is 0 Å². The first-order chi connectivity index (χ1) is 20.0. The van der Waals surface area contributed by atoms with Gasteiger partial charge in [0.2, 0.25) is 0 Å². The van der Waals surface area contributed by atoms with Gasteiger partial charge in [-0.1, -0.05) is 69.6 Å². The Hall–Kier alpha value is -2.76. The van der Waals surface area contributed by atoms with Crippen molar-refractivity contribution in [3.05, 3.63) is 75.3 Å². The monoisotopic (exact) mass is 720 g/mol. The highest BCUT2D eigenvalue weighted by atomic mass is 35.5. The molecule has 15 heteroatoms. The zero-order chi connectivity index (χ0) is 32.2. The molecule has 1 aromatic heterocycles. The fourth-order valence-corrected chi connectivity index (χ4v) is 7.97. The Balaban J connectivity index is 2.54. The van der Waals surface area contributed by atoms with Crippen LogP contribution in [0.1, 0.15) is 40.1 Å². The number of fused-ring (bicyclic) bond motifs is 1. The fraction of sp³-hybridized carbons (Fsp3) is 0.143. The Labute approximate surface area is 278 Å². The number of nitrogens with zero attached hydrogens (tertiary/aromatic N) is 2. The van der Waals surface area contributed by atoms with Crippen molar-refractivity contribution in [2.24, 2.45) is 0 Å². The van der Waals surface area contributed by atoms with Crippen LogP contribution in [0.4, 0.5) is 0 Å². The van der Waals surface area contributed by atoms with Crippen molar-refractivity contribution < 1.29 is 29.4 Å². The normalized spacial score (nSPS) is 11.1. The van der Waals surface area contributed by atoms with Crippen LogP contribution in [0.3, 0.4) is 0 Å². The van der Waals surface area contributed by atoms with Gasteiger partial charge in [-0.05, 0) is 24.3 Å². The summed E-state index contributed by atoms with van der Waals surface area (Å²) in [4.78, 5) is 55.5. The van der Waals surface area contributed by atoms with Gasteiger partial charge in [0.15, 0.2) is 0 Å². The number of thiophene rings is 1. The SMILES string of the molecule is CN(C)C(=O)c1sc(C(=O)N(C)C)c2c(C(=O)O)c(-c3c(Cl)cc(Cl)cc3Cl)c(-c3c(Cl)cc(Cl)cc3Cl)c(C(=O)O)c12. The highest BCUT2D eigenvalue weighted by molar-refractivity contribution is 7.18. The van der Waals surface area contributed by atoms with Gasteiger partial charge in [-0.15, -0.1) is 11.3 Å². The first-order valence-corrected chi connectivity index (χ1v) is 14.9. The van der Waals surface area contributed by atoms with Crippen molar-refractivity contribution in [1.82, 2.24) is 9.80 Å². The molecule has 2 N–H and O–H groups in total. The Morgan fingerprint density at radius 2 is 0.837 bits per heavy atom. The lowest BCUT2D eigenvalue weighted by atomic mass is 9.82. The molecule has 0 spiro atoms. The van der Waals surface area contributed by atoms with Gasteiger partial charge < -0.3 is 20.0 Å². The third kappa shape index (κ3) is 5.76. The molecule has 3 aromatic carbocycles. The minimum absolute atomic E-state index is 0.108. The molecule has 0 unspecified atom stereocenters. The third-order valence-electron chi connectivity index (χ3n) is 6.30. The molecule has 0 bridgehead atoms. The standard InChI is InChI=1S/C28H18Cl6N2O6S/c1-35(2)25(37)23-19-20(24(43-23)26(38)36(3)4)22(28(41)42)18(16-13(33)7-10(30)8-14(16)34)17(21(19)27(39)40)15-11(31)5-9(29)6-12(15)32/h5-8H,1-4H3,(H,39,40)(H,41,42). The van der Waals surface area contributed by atoms with E-state index < -0.39 is 34.9 Å². The number of hydrogen-bond donors (Lipinski definition) is 2. The van der Waals surface area contributed by atoms with Gasteiger partial charge in [-0.25, -0.2) is 9.59 Å². The molecular weight excluding hydrogens is 705 g/mol. The molecule has 0 saturated carbocycles. The van der Waals surface area contributed by atoms with Crippen molar-refractivity contribution >= 4 is 115 Å². The summed E-state index contributed by atoms with van der Waals surface area (Å²) in [5, 5.41) is 20.6. The summed E-state index contributed by atoms with van der Waals surface area (Å²) in [7, 11) is 5.70. The number of carboxylic acids is 2. The molecule has 0 aliphatic heterocycles. The minimum Gasteiger partial charge on any atom is -0.478 e. The van der Waals surface area contributed by atoms with Gasteiger partial charge >= 0.3 is 11.9 Å². The number of aromatic carboxylic acids is 2. The highest BCUT2D eigenvalue weighted by Crippen LogP contribution is 2.53. The van der Waals surface area contributed by atoms with Gasteiger partial charge in [-0.2, -0.15) is 0 Å². The summed E-state index contributed by atoms with van der Waals surface area (Å²) in [5.41, 5.74) is -2.01. The molecule has 0 aliphatic carbocycles. The summed E-state index contributed by atoms with van der Waals surface area (Å²) in [6, 6.07) is 5.15. The number of carbonyl (C=O) groups excluding carboxylic acids is 2. The van der Waals surface area contributed by atoms with Gasteiger partial charge in [-0.3, -0.25) is 9.59 Å². The van der Waals surface area contributed by atoms with Crippen LogP contribution in [-0.4, -0.2) is 72.0 Å². The summed E-state index contributed by atoms with van der Waals surface area (Å²) >= 11 is 39.4. The van der Waals surface area contributed by atoms with Crippen LogP contribution in [0.25, 0.3) is 33.0 Å². The number of amides is 2. The quantitative estimate of drug-likeness (QED) is 0.205. The second-order valence-electron chi connectivity index (χ2n) is 9.51. The number of benzene rings is 3. The molecule has 0 fully saturated rings. The van der Waals surface area contributed by atoms with E-state index in [1.54, 1.807) is 0 Å². The maximum Gasteiger partial charge on any atom is 0.337 e. The summed E-state index contributed by atoms with van der Waals surface area (Å²) in [5.74, 6) is -4.53. The van der Waals surface area contributed by atoms with Crippen molar-refractivity contribution in [3.63, 3.8) is 0 Å². The van der Waals surface area contributed by atoms with E-state index in [-0.39, 0.29) is 72.9 Å². The molecule has 0 saturated heterocycles. The van der Waals surface area contributed by atoms with Crippen LogP contribution in [0, 0.1) is 0 Å². The number of halogens is 6. The fourth-order valence-electron chi connectivity index (χ4n) is 4.61. The van der Waals surface area contributed by atoms with Crippen LogP contribution in [0.2, 0.25) is 30.1 Å². The maximum atomic E-state index is 13.5. The highest BCUT2D eigenvalue weighted by Gasteiger charge is 2.38. The molecule has 0 atom stereocenters. The summed E-state index contributed by atoms with van der Waals surface area (Å²) < 4.78 is 0. The van der Waals surface area contributed by atoms with Crippen molar-refractivity contribution in [2.45, 2.75) is 0 Å². The molecule has 224 valence electrons. The van der Waals surface area contributed by atoms with E-state index in [4.69, 9.17) is 69.6 Å². The predicted octanol–water partition coefficient (Wildman–Crippen LogP) is 8.96. The van der Waals surface area contributed by atoms with Gasteiger partial charge in [0.05, 0.1) is 31.2 Å². The number of rotatable bonds is 6. The van der Waals surface area contributed by atoms with Crippen LogP contribution in [0.15, 0.2) is 24.3 Å². The van der Waals surface area contributed by atoms with Crippen molar-refractivity contribution in [2.75, 3.05) is 28.2 Å². The molecule has 4 rings (SSSR count). The van der Waals surface area contributed by atoms with Gasteiger partial charge in [0.1, 0.15) is 9.75 Å². The molecule has 0 aliphatic rings. The van der Waals surface area contributed by atoms with E-state index >= 15 is 0 Å². The lowest BCUT2D eigenvalue weighted by molar-refractivity contribution is 0.0685. The van der Waals surface area contributed by atoms with Crippen LogP contribution in [0.5, 0.6) is 0 Å². The topological polar surface area (TPSA) is 115 Å². The van der Waals surface area contributed by atoms with Crippen molar-refractivity contribution in [3.8, 4) is 22.3 Å². The molecular formula is C28H18Cl6N2O6S. The minimum atomic E-state index is -1.59. The number of hydrogen-bond acceptors (Lipinski definition) is 5. The largest absolute Gasteiger partial charge is 0.478 e. The Kier molecular flexibility index (Phi) is 9.50. The number of carboxylic acid groups (broad SMARTS) is 2. The molecule has 0 radical (unpaired) electrons. The molecule has 43 heavy (non-hydrogen) atoms. The molecule has 4 aromatic rings.